The molecule has 0 aromatic carbocycles. The van der Waals surface area contributed by atoms with E-state index in [1.54, 1.807) is 6.92 Å². The van der Waals surface area contributed by atoms with E-state index in [2.05, 4.69) is 4.99 Å². The maximum atomic E-state index is 12.9. The molecule has 0 saturated carbocycles. The van der Waals surface area contributed by atoms with Gasteiger partial charge in [0.1, 0.15) is 11.9 Å². The van der Waals surface area contributed by atoms with Gasteiger partial charge in [0.25, 0.3) is 0 Å². The maximum absolute atomic E-state index is 12.9. The van der Waals surface area contributed by atoms with Crippen molar-refractivity contribution in [2.75, 3.05) is 6.54 Å². The molecule has 0 fully saturated rings. The quantitative estimate of drug-likeness (QED) is 0.357. The van der Waals surface area contributed by atoms with E-state index in [0.717, 1.165) is 0 Å². The fourth-order valence-electron chi connectivity index (χ4n) is 0.808. The molecule has 0 aliphatic carbocycles. The summed E-state index contributed by atoms with van der Waals surface area (Å²) >= 11 is 0. The molecule has 0 aromatic heterocycles. The van der Waals surface area contributed by atoms with Crippen LogP contribution in [0.4, 0.5) is 4.39 Å². The van der Waals surface area contributed by atoms with E-state index in [-0.39, 0.29) is 31.8 Å². The van der Waals surface area contributed by atoms with Crippen LogP contribution in [-0.4, -0.2) is 29.5 Å². The summed E-state index contributed by atoms with van der Waals surface area (Å²) in [5, 5.41) is 8.45. The molecule has 16 heavy (non-hydrogen) atoms. The van der Waals surface area contributed by atoms with Crippen LogP contribution in [0.5, 0.6) is 0 Å². The minimum absolute atomic E-state index is 0. The molecule has 0 heterocycles. The van der Waals surface area contributed by atoms with Gasteiger partial charge in [-0.15, -0.1) is 0 Å². The Bertz CT molecular complexity index is 278. The van der Waals surface area contributed by atoms with Gasteiger partial charge in [0.15, 0.2) is 0 Å². The standard InChI is InChI=1S/C9H16FN3O2.ClH/c1-6(11)13-5-7(10)3-2-4-8(12)9(14)15;/h3,8H,2,4-5,12H2,1H3,(H2,11,13)(H,14,15);1H/p-1/b7-3-;/t8-;/m1./s1. The topological polar surface area (TPSA) is 102 Å². The molecule has 0 spiro atoms. The van der Waals surface area contributed by atoms with Crippen LogP contribution in [0, 0.1) is 0 Å². The van der Waals surface area contributed by atoms with Crippen LogP contribution in [0.25, 0.3) is 0 Å². The average Bonchev–Trinajstić information content (AvgIpc) is 2.14. The molecule has 5 nitrogen and oxygen atoms in total. The molecule has 0 rings (SSSR count). The molecule has 0 saturated heterocycles. The SMILES string of the molecule is CC(N)=NC/C(F)=C/CC[C@@H](N)C(=O)O.[Cl-]. The number of aliphatic imine (C=N–C) groups is 1. The van der Waals surface area contributed by atoms with E-state index in [9.17, 15) is 9.18 Å². The number of carboxylic acids is 1. The summed E-state index contributed by atoms with van der Waals surface area (Å²) in [4.78, 5) is 14.0. The number of nitrogens with two attached hydrogens (primary N) is 2. The third-order valence-electron chi connectivity index (χ3n) is 1.64. The Hall–Kier alpha value is -1.14. The second-order valence-corrected chi connectivity index (χ2v) is 3.13. The molecule has 0 radical (unpaired) electrons. The summed E-state index contributed by atoms with van der Waals surface area (Å²) in [6.45, 7) is 1.46. The molecule has 0 aliphatic heterocycles. The number of hydrogen-bond donors (Lipinski definition) is 3. The predicted octanol–water partition coefficient (Wildman–Crippen LogP) is -2.59. The van der Waals surface area contributed by atoms with Crippen molar-refractivity contribution in [3.05, 3.63) is 11.9 Å². The van der Waals surface area contributed by atoms with Gasteiger partial charge < -0.3 is 29.0 Å². The third kappa shape index (κ3) is 9.42. The van der Waals surface area contributed by atoms with E-state index >= 15 is 0 Å². The number of amidine groups is 1. The molecular weight excluding hydrogens is 237 g/mol. The Morgan fingerprint density at radius 1 is 1.62 bits per heavy atom. The molecule has 0 aromatic rings. The van der Waals surface area contributed by atoms with Crippen LogP contribution in [0.3, 0.4) is 0 Å². The van der Waals surface area contributed by atoms with Gasteiger partial charge in [-0.2, -0.15) is 0 Å². The van der Waals surface area contributed by atoms with Crippen LogP contribution in [0.1, 0.15) is 19.8 Å². The Morgan fingerprint density at radius 2 is 2.19 bits per heavy atom. The molecule has 0 amide bonds. The van der Waals surface area contributed by atoms with E-state index in [4.69, 9.17) is 16.6 Å². The average molecular weight is 253 g/mol. The van der Waals surface area contributed by atoms with Crippen molar-refractivity contribution in [3.63, 3.8) is 0 Å². The van der Waals surface area contributed by atoms with Crippen LogP contribution in [0.2, 0.25) is 0 Å². The summed E-state index contributed by atoms with van der Waals surface area (Å²) in [7, 11) is 0. The second kappa shape index (κ2) is 9.11. The van der Waals surface area contributed by atoms with Gasteiger partial charge in [0.05, 0.1) is 12.4 Å². The number of carbonyl (C=O) groups is 1. The zero-order chi connectivity index (χ0) is 11.8. The van der Waals surface area contributed by atoms with Crippen molar-refractivity contribution < 1.29 is 26.7 Å². The van der Waals surface area contributed by atoms with Gasteiger partial charge in [-0.25, -0.2) is 4.39 Å². The number of aliphatic carboxylic acids is 1. The first-order chi connectivity index (χ1) is 6.93. The Labute approximate surface area is 99.8 Å². The summed E-state index contributed by atoms with van der Waals surface area (Å²) < 4.78 is 12.9. The van der Waals surface area contributed by atoms with Crippen LogP contribution in [-0.2, 0) is 4.79 Å². The van der Waals surface area contributed by atoms with Crippen molar-refractivity contribution in [1.29, 1.82) is 0 Å². The summed E-state index contributed by atoms with van der Waals surface area (Å²) in [6.07, 6.45) is 1.75. The lowest BCUT2D eigenvalue weighted by molar-refractivity contribution is -0.138. The largest absolute Gasteiger partial charge is 1.00 e. The lowest BCUT2D eigenvalue weighted by Gasteiger charge is -2.02. The monoisotopic (exact) mass is 252 g/mol. The predicted molar refractivity (Wildman–Crippen MR) is 56.2 cm³/mol. The van der Waals surface area contributed by atoms with Gasteiger partial charge in [0, 0.05) is 0 Å². The van der Waals surface area contributed by atoms with Gasteiger partial charge in [-0.1, -0.05) is 6.08 Å². The highest BCUT2D eigenvalue weighted by Crippen LogP contribution is 2.03. The molecule has 7 heteroatoms. The molecule has 0 unspecified atom stereocenters. The van der Waals surface area contributed by atoms with Gasteiger partial charge >= 0.3 is 5.97 Å². The smallest absolute Gasteiger partial charge is 0.320 e. The Kier molecular flexibility index (Phi) is 9.83. The van der Waals surface area contributed by atoms with Crippen molar-refractivity contribution >= 4 is 11.8 Å². The first-order valence-electron chi connectivity index (χ1n) is 4.53. The normalized spacial score (nSPS) is 14.2. The highest BCUT2D eigenvalue weighted by molar-refractivity contribution is 5.77. The van der Waals surface area contributed by atoms with Crippen molar-refractivity contribution in [2.45, 2.75) is 25.8 Å². The van der Waals surface area contributed by atoms with Gasteiger partial charge in [-0.3, -0.25) is 9.79 Å². The zero-order valence-corrected chi connectivity index (χ0v) is 9.75. The molecule has 5 N–H and O–H groups in total. The highest BCUT2D eigenvalue weighted by atomic mass is 35.5. The first kappa shape index (κ1) is 17.3. The van der Waals surface area contributed by atoms with E-state index in [1.807, 2.05) is 0 Å². The number of rotatable bonds is 6. The lowest BCUT2D eigenvalue weighted by Crippen LogP contribution is -3.00. The molecule has 1 atom stereocenters. The van der Waals surface area contributed by atoms with Crippen molar-refractivity contribution in [3.8, 4) is 0 Å². The summed E-state index contributed by atoms with van der Waals surface area (Å²) in [5.41, 5.74) is 10.4. The number of halogens is 2. The zero-order valence-electron chi connectivity index (χ0n) is 8.99. The minimum Gasteiger partial charge on any atom is -1.00 e. The van der Waals surface area contributed by atoms with Crippen LogP contribution >= 0.6 is 0 Å². The van der Waals surface area contributed by atoms with E-state index < -0.39 is 17.8 Å². The number of hydrogen-bond acceptors (Lipinski definition) is 3. The van der Waals surface area contributed by atoms with Gasteiger partial charge in [-0.05, 0) is 19.8 Å². The second-order valence-electron chi connectivity index (χ2n) is 3.13. The summed E-state index contributed by atoms with van der Waals surface area (Å²) in [5.74, 6) is -1.21. The maximum Gasteiger partial charge on any atom is 0.320 e. The van der Waals surface area contributed by atoms with Gasteiger partial charge in [0.2, 0.25) is 0 Å². The molecule has 0 bridgehead atoms. The Balaban J connectivity index is 0. The molecule has 94 valence electrons. The van der Waals surface area contributed by atoms with Crippen molar-refractivity contribution in [2.24, 2.45) is 16.5 Å². The number of carboxylic acid groups (broad SMARTS) is 1. The van der Waals surface area contributed by atoms with E-state index in [1.165, 1.54) is 6.08 Å². The highest BCUT2D eigenvalue weighted by Gasteiger charge is 2.09. The number of nitrogens with zero attached hydrogens (tertiary/aromatic N) is 1. The Morgan fingerprint density at radius 3 is 2.62 bits per heavy atom. The first-order valence-corrected chi connectivity index (χ1v) is 4.53. The number of allylic oxidation sites excluding steroid dienone is 1. The van der Waals surface area contributed by atoms with Crippen molar-refractivity contribution in [1.82, 2.24) is 0 Å². The minimum atomic E-state index is -1.08. The van der Waals surface area contributed by atoms with Crippen LogP contribution < -0.4 is 23.9 Å². The fraction of sp³-hybridized carbons (Fsp3) is 0.556. The van der Waals surface area contributed by atoms with Crippen LogP contribution in [0.15, 0.2) is 16.9 Å². The third-order valence-corrected chi connectivity index (χ3v) is 1.64. The molecule has 0 aliphatic rings. The fourth-order valence-corrected chi connectivity index (χ4v) is 0.808. The lowest BCUT2D eigenvalue weighted by atomic mass is 10.1. The summed E-state index contributed by atoms with van der Waals surface area (Å²) in [6, 6.07) is -0.950. The van der Waals surface area contributed by atoms with E-state index in [0.29, 0.717) is 5.84 Å². The molecular formula is C9H16ClFN3O2-.